The third-order valence-electron chi connectivity index (χ3n) is 7.32. The largest absolute Gasteiger partial charge is 0.497 e. The van der Waals surface area contributed by atoms with Gasteiger partial charge in [0.05, 0.1) is 23.1 Å². The number of fused-ring (bicyclic) bond motifs is 1. The van der Waals surface area contributed by atoms with Crippen LogP contribution in [0.5, 0.6) is 5.75 Å². The van der Waals surface area contributed by atoms with Crippen molar-refractivity contribution >= 4 is 40.2 Å². The molecule has 1 aliphatic heterocycles. The minimum absolute atomic E-state index is 0.104. The number of nitrogens with one attached hydrogen (secondary N) is 1. The summed E-state index contributed by atoms with van der Waals surface area (Å²) in [4.78, 5) is 20.7. The van der Waals surface area contributed by atoms with Crippen molar-refractivity contribution in [2.45, 2.75) is 43.7 Å². The number of methoxy groups -OCH3 is 1. The molecule has 0 radical (unpaired) electrons. The second kappa shape index (κ2) is 12.4. The van der Waals surface area contributed by atoms with Gasteiger partial charge in [-0.2, -0.15) is 0 Å². The molecule has 3 aromatic rings. The van der Waals surface area contributed by atoms with Crippen LogP contribution in [0.25, 0.3) is 10.9 Å². The molecule has 0 aliphatic carbocycles. The summed E-state index contributed by atoms with van der Waals surface area (Å²) >= 11 is 8.21. The van der Waals surface area contributed by atoms with Crippen molar-refractivity contribution in [1.82, 2.24) is 15.4 Å². The fourth-order valence-electron chi connectivity index (χ4n) is 5.07. The van der Waals surface area contributed by atoms with E-state index in [0.29, 0.717) is 41.5 Å². The lowest BCUT2D eigenvalue weighted by Crippen LogP contribution is -2.48. The number of nitrogens with zero attached hydrogens (tertiary/aromatic N) is 2. The highest BCUT2D eigenvalue weighted by Gasteiger charge is 2.41. The summed E-state index contributed by atoms with van der Waals surface area (Å²) in [5.74, 6) is 1.10. The van der Waals surface area contributed by atoms with Gasteiger partial charge in [-0.05, 0) is 76.0 Å². The van der Waals surface area contributed by atoms with E-state index in [1.165, 1.54) is 16.7 Å². The summed E-state index contributed by atoms with van der Waals surface area (Å²) in [7, 11) is 1.55. The van der Waals surface area contributed by atoms with Crippen LogP contribution in [0.15, 0.2) is 53.6 Å². The molecule has 0 spiro atoms. The van der Waals surface area contributed by atoms with E-state index in [9.17, 15) is 10.0 Å². The summed E-state index contributed by atoms with van der Waals surface area (Å²) in [6, 6.07) is 13.7. The van der Waals surface area contributed by atoms with Crippen LogP contribution < -0.4 is 10.2 Å². The number of hydrogen-bond acceptors (Lipinski definition) is 6. The number of hydroxylamine groups is 1. The molecule has 37 heavy (non-hydrogen) atoms. The van der Waals surface area contributed by atoms with Gasteiger partial charge in [0.25, 0.3) is 0 Å². The fourth-order valence-corrected chi connectivity index (χ4v) is 6.37. The minimum atomic E-state index is -1.39. The topological polar surface area (TPSA) is 74.7 Å². The molecule has 198 valence electrons. The van der Waals surface area contributed by atoms with Gasteiger partial charge in [0, 0.05) is 34.3 Å². The molecular formula is C28H33ClFN3O3S. The number of amides is 1. The maximum Gasteiger partial charge on any atom is 0.249 e. The van der Waals surface area contributed by atoms with E-state index >= 15 is 4.39 Å². The standard InChI is InChI=1S/C28H33ClFN3O3S/c1-19-4-3-5-21(16-19)37-15-14-33-12-10-28(11-13-33,27(34)32-35)9-8-24(30)26-22-17-20(36-2)6-7-25(22)31-18-23(26)29/h3-7,16-18,24,35H,8-15H2,1-2H3,(H,32,34). The second-order valence-corrected chi connectivity index (χ2v) is 11.2. The van der Waals surface area contributed by atoms with E-state index < -0.39 is 17.5 Å². The van der Waals surface area contributed by atoms with E-state index in [-0.39, 0.29) is 11.4 Å². The molecule has 1 fully saturated rings. The fraction of sp³-hybridized carbons (Fsp3) is 0.429. The Hall–Kier alpha value is -2.39. The Bertz CT molecular complexity index is 1240. The molecule has 0 bridgehead atoms. The number of hydrogen-bond donors (Lipinski definition) is 2. The van der Waals surface area contributed by atoms with Gasteiger partial charge >= 0.3 is 0 Å². The van der Waals surface area contributed by atoms with E-state index in [1.807, 2.05) is 17.2 Å². The molecule has 1 aromatic heterocycles. The van der Waals surface area contributed by atoms with E-state index in [2.05, 4.69) is 41.1 Å². The Balaban J connectivity index is 1.40. The number of rotatable bonds is 10. The summed E-state index contributed by atoms with van der Waals surface area (Å²) in [5, 5.41) is 10.3. The van der Waals surface area contributed by atoms with Crippen molar-refractivity contribution in [3.05, 3.63) is 64.8 Å². The third-order valence-corrected chi connectivity index (χ3v) is 8.60. The van der Waals surface area contributed by atoms with Crippen molar-refractivity contribution < 1.29 is 19.1 Å². The van der Waals surface area contributed by atoms with Crippen LogP contribution in [-0.2, 0) is 4.79 Å². The molecule has 6 nitrogen and oxygen atoms in total. The SMILES string of the molecule is COc1ccc2ncc(Cl)c(C(F)CCC3(C(=O)NO)CCN(CCSc4cccc(C)c4)CC3)c2c1. The van der Waals surface area contributed by atoms with Gasteiger partial charge in [-0.25, -0.2) is 9.87 Å². The molecule has 4 rings (SSSR count). The number of carbonyl (C=O) groups excluding carboxylic acids is 1. The first kappa shape index (κ1) is 27.6. The maximum atomic E-state index is 15.7. The van der Waals surface area contributed by atoms with E-state index in [0.717, 1.165) is 25.4 Å². The molecule has 1 aliphatic rings. The summed E-state index contributed by atoms with van der Waals surface area (Å²) in [6.45, 7) is 4.43. The van der Waals surface area contributed by atoms with Gasteiger partial charge in [0.2, 0.25) is 5.91 Å². The van der Waals surface area contributed by atoms with Crippen LogP contribution in [0.1, 0.15) is 43.0 Å². The van der Waals surface area contributed by atoms with Gasteiger partial charge in [-0.1, -0.05) is 29.3 Å². The Kier molecular flexibility index (Phi) is 9.29. The lowest BCUT2D eigenvalue weighted by Gasteiger charge is -2.40. The third kappa shape index (κ3) is 6.55. The van der Waals surface area contributed by atoms with Crippen molar-refractivity contribution in [2.24, 2.45) is 5.41 Å². The number of aromatic nitrogens is 1. The summed E-state index contributed by atoms with van der Waals surface area (Å²) in [5.41, 5.74) is 3.25. The second-order valence-electron chi connectivity index (χ2n) is 9.64. The lowest BCUT2D eigenvalue weighted by atomic mass is 9.73. The maximum absolute atomic E-state index is 15.7. The number of piperidine rings is 1. The zero-order valence-corrected chi connectivity index (χ0v) is 22.7. The summed E-state index contributed by atoms with van der Waals surface area (Å²) in [6.07, 6.45) is 1.59. The molecule has 1 unspecified atom stereocenters. The Morgan fingerprint density at radius 1 is 1.30 bits per heavy atom. The number of likely N-dealkylation sites (tertiary alicyclic amines) is 1. The average molecular weight is 546 g/mol. The van der Waals surface area contributed by atoms with Crippen molar-refractivity contribution in [2.75, 3.05) is 32.5 Å². The van der Waals surface area contributed by atoms with Gasteiger partial charge < -0.3 is 9.64 Å². The molecule has 1 saturated heterocycles. The molecule has 2 N–H and O–H groups in total. The molecule has 2 aromatic carbocycles. The van der Waals surface area contributed by atoms with Crippen LogP contribution in [0.3, 0.4) is 0 Å². The average Bonchev–Trinajstić information content (AvgIpc) is 2.91. The predicted octanol–water partition coefficient (Wildman–Crippen LogP) is 6.38. The van der Waals surface area contributed by atoms with Crippen LogP contribution in [0.4, 0.5) is 4.39 Å². The van der Waals surface area contributed by atoms with Gasteiger partial charge in [0.1, 0.15) is 11.9 Å². The number of carbonyl (C=O) groups is 1. The van der Waals surface area contributed by atoms with Crippen molar-refractivity contribution in [3.8, 4) is 5.75 Å². The smallest absolute Gasteiger partial charge is 0.249 e. The lowest BCUT2D eigenvalue weighted by molar-refractivity contribution is -0.143. The highest BCUT2D eigenvalue weighted by atomic mass is 35.5. The molecule has 9 heteroatoms. The number of aryl methyl sites for hydroxylation is 1. The normalized spacial score (nSPS) is 16.5. The first-order valence-corrected chi connectivity index (χ1v) is 13.8. The van der Waals surface area contributed by atoms with Gasteiger partial charge in [0.15, 0.2) is 0 Å². The van der Waals surface area contributed by atoms with Crippen molar-refractivity contribution in [3.63, 3.8) is 0 Å². The Morgan fingerprint density at radius 3 is 2.78 bits per heavy atom. The first-order valence-electron chi connectivity index (χ1n) is 12.5. The van der Waals surface area contributed by atoms with E-state index in [1.54, 1.807) is 25.3 Å². The van der Waals surface area contributed by atoms with Crippen LogP contribution in [0, 0.1) is 12.3 Å². The molecule has 1 atom stereocenters. The molecule has 0 saturated carbocycles. The Morgan fingerprint density at radius 2 is 2.08 bits per heavy atom. The highest BCUT2D eigenvalue weighted by Crippen LogP contribution is 2.42. The van der Waals surface area contributed by atoms with Crippen LogP contribution >= 0.6 is 23.4 Å². The number of pyridine rings is 1. The molecule has 2 heterocycles. The van der Waals surface area contributed by atoms with Crippen molar-refractivity contribution in [1.29, 1.82) is 0 Å². The highest BCUT2D eigenvalue weighted by molar-refractivity contribution is 7.99. The zero-order valence-electron chi connectivity index (χ0n) is 21.2. The van der Waals surface area contributed by atoms with Gasteiger partial charge in [-0.15, -0.1) is 11.8 Å². The number of thioether (sulfide) groups is 1. The molecular weight excluding hydrogens is 513 g/mol. The Labute approximate surface area is 226 Å². The minimum Gasteiger partial charge on any atom is -0.497 e. The van der Waals surface area contributed by atoms with Crippen LogP contribution in [-0.4, -0.2) is 53.5 Å². The van der Waals surface area contributed by atoms with Gasteiger partial charge in [-0.3, -0.25) is 15.0 Å². The quantitative estimate of drug-likeness (QED) is 0.175. The van der Waals surface area contributed by atoms with Crippen LogP contribution in [0.2, 0.25) is 5.02 Å². The van der Waals surface area contributed by atoms with E-state index in [4.69, 9.17) is 16.3 Å². The predicted molar refractivity (Wildman–Crippen MR) is 146 cm³/mol. The monoisotopic (exact) mass is 545 g/mol. The summed E-state index contributed by atoms with van der Waals surface area (Å²) < 4.78 is 21.0. The number of benzene rings is 2. The molecule has 1 amide bonds. The number of halogens is 2. The zero-order chi connectivity index (χ0) is 26.4. The number of ether oxygens (including phenoxy) is 1. The first-order chi connectivity index (χ1) is 17.8. The number of alkyl halides is 1.